The van der Waals surface area contributed by atoms with Gasteiger partial charge in [0, 0.05) is 11.8 Å². The van der Waals surface area contributed by atoms with E-state index in [0.29, 0.717) is 5.90 Å². The van der Waals surface area contributed by atoms with E-state index in [9.17, 15) is 0 Å². The molecule has 0 saturated heterocycles. The number of nitrogens with one attached hydrogen (secondary N) is 1. The van der Waals surface area contributed by atoms with Crippen LogP contribution in [0.2, 0.25) is 0 Å². The Morgan fingerprint density at radius 3 is 2.57 bits per heavy atom. The van der Waals surface area contributed by atoms with Gasteiger partial charge in [0.1, 0.15) is 0 Å². The molecule has 1 fully saturated rings. The van der Waals surface area contributed by atoms with Crippen molar-refractivity contribution in [1.29, 1.82) is 5.41 Å². The molecule has 1 aromatic rings. The van der Waals surface area contributed by atoms with E-state index < -0.39 is 0 Å². The van der Waals surface area contributed by atoms with Crippen LogP contribution in [-0.2, 0) is 23.0 Å². The van der Waals surface area contributed by atoms with Crippen LogP contribution in [0.1, 0.15) is 61.6 Å². The lowest BCUT2D eigenvalue weighted by Crippen LogP contribution is -2.28. The number of rotatable bonds is 3. The van der Waals surface area contributed by atoms with E-state index in [-0.39, 0.29) is 17.8 Å². The van der Waals surface area contributed by atoms with Crippen molar-refractivity contribution < 1.29 is 4.74 Å². The fraction of sp³-hybridized carbons (Fsp3) is 0.611. The van der Waals surface area contributed by atoms with Crippen molar-refractivity contribution in [3.63, 3.8) is 0 Å². The molecule has 3 heteroatoms. The lowest BCUT2D eigenvalue weighted by molar-refractivity contribution is 0.348. The van der Waals surface area contributed by atoms with Gasteiger partial charge in [-0.3, -0.25) is 5.41 Å². The maximum atomic E-state index is 7.99. The van der Waals surface area contributed by atoms with E-state index in [1.165, 1.54) is 56.9 Å². The van der Waals surface area contributed by atoms with Gasteiger partial charge in [-0.1, -0.05) is 31.0 Å². The van der Waals surface area contributed by atoms with Gasteiger partial charge in [0.15, 0.2) is 5.90 Å². The maximum absolute atomic E-state index is 7.99. The van der Waals surface area contributed by atoms with Crippen molar-refractivity contribution in [2.75, 3.05) is 7.11 Å². The van der Waals surface area contributed by atoms with Crippen LogP contribution in [0.15, 0.2) is 18.2 Å². The number of benzene rings is 1. The van der Waals surface area contributed by atoms with Gasteiger partial charge in [-0.25, -0.2) is 0 Å². The summed E-state index contributed by atoms with van der Waals surface area (Å²) in [6, 6.07) is 6.87. The second-order valence-electron chi connectivity index (χ2n) is 6.44. The SMILES string of the molecule is COC(=N)CC1(c2cccc3c2CCCC3)CCCC1.Cl. The molecular formula is C18H26ClNO. The fourth-order valence-corrected chi connectivity index (χ4v) is 4.25. The van der Waals surface area contributed by atoms with Crippen molar-refractivity contribution >= 4 is 18.3 Å². The number of halogens is 1. The van der Waals surface area contributed by atoms with Crippen molar-refractivity contribution in [1.82, 2.24) is 0 Å². The van der Waals surface area contributed by atoms with Gasteiger partial charge in [0.25, 0.3) is 0 Å². The van der Waals surface area contributed by atoms with E-state index in [2.05, 4.69) is 18.2 Å². The monoisotopic (exact) mass is 307 g/mol. The topological polar surface area (TPSA) is 33.1 Å². The Labute approximate surface area is 134 Å². The molecule has 0 spiro atoms. The molecule has 0 aromatic heterocycles. The van der Waals surface area contributed by atoms with Crippen LogP contribution in [0.5, 0.6) is 0 Å². The second kappa shape index (κ2) is 6.83. The van der Waals surface area contributed by atoms with E-state index in [4.69, 9.17) is 10.1 Å². The lowest BCUT2D eigenvalue weighted by atomic mass is 9.71. The first-order chi connectivity index (χ1) is 9.75. The molecule has 0 radical (unpaired) electrons. The molecule has 2 aliphatic carbocycles. The molecule has 0 amide bonds. The Bertz CT molecular complexity index is 506. The number of hydrogen-bond acceptors (Lipinski definition) is 2. The highest BCUT2D eigenvalue weighted by Gasteiger charge is 2.39. The van der Waals surface area contributed by atoms with Gasteiger partial charge >= 0.3 is 0 Å². The highest BCUT2D eigenvalue weighted by Crippen LogP contribution is 2.46. The predicted molar refractivity (Wildman–Crippen MR) is 89.8 cm³/mol. The average molecular weight is 308 g/mol. The summed E-state index contributed by atoms with van der Waals surface area (Å²) in [6.45, 7) is 0. The second-order valence-corrected chi connectivity index (χ2v) is 6.44. The third kappa shape index (κ3) is 3.11. The third-order valence-electron chi connectivity index (χ3n) is 5.27. The quantitative estimate of drug-likeness (QED) is 0.630. The Hall–Kier alpha value is -1.02. The van der Waals surface area contributed by atoms with E-state index in [1.54, 1.807) is 18.2 Å². The summed E-state index contributed by atoms with van der Waals surface area (Å²) in [7, 11) is 1.63. The van der Waals surface area contributed by atoms with Crippen molar-refractivity contribution in [2.24, 2.45) is 0 Å². The Balaban J connectivity index is 0.00000161. The standard InChI is InChI=1S/C18H25NO.ClH/c1-20-17(19)13-18(11-4-5-12-18)16-10-6-8-14-7-2-3-9-15(14)16;/h6,8,10,19H,2-5,7,9,11-13H2,1H3;1H. The first kappa shape index (κ1) is 16.4. The minimum absolute atomic E-state index is 0. The number of methoxy groups -OCH3 is 1. The summed E-state index contributed by atoms with van der Waals surface area (Å²) in [5, 5.41) is 7.99. The van der Waals surface area contributed by atoms with Crippen LogP contribution in [-0.4, -0.2) is 13.0 Å². The Morgan fingerprint density at radius 2 is 1.86 bits per heavy atom. The summed E-state index contributed by atoms with van der Waals surface area (Å²) < 4.78 is 5.19. The summed E-state index contributed by atoms with van der Waals surface area (Å²) in [5.74, 6) is 0.445. The maximum Gasteiger partial charge on any atom is 0.180 e. The fourth-order valence-electron chi connectivity index (χ4n) is 4.25. The first-order valence-electron chi connectivity index (χ1n) is 7.98. The molecule has 116 valence electrons. The molecule has 1 aromatic carbocycles. The zero-order valence-corrected chi connectivity index (χ0v) is 13.7. The largest absolute Gasteiger partial charge is 0.484 e. The summed E-state index contributed by atoms with van der Waals surface area (Å²) in [5.41, 5.74) is 4.87. The van der Waals surface area contributed by atoms with Crippen molar-refractivity contribution in [2.45, 2.75) is 63.2 Å². The van der Waals surface area contributed by atoms with E-state index >= 15 is 0 Å². The van der Waals surface area contributed by atoms with Gasteiger partial charge in [-0.05, 0) is 55.2 Å². The lowest BCUT2D eigenvalue weighted by Gasteiger charge is -2.33. The number of ether oxygens (including phenoxy) is 1. The minimum Gasteiger partial charge on any atom is -0.484 e. The zero-order chi connectivity index (χ0) is 14.0. The van der Waals surface area contributed by atoms with Gasteiger partial charge in [0.2, 0.25) is 0 Å². The first-order valence-corrected chi connectivity index (χ1v) is 7.98. The average Bonchev–Trinajstić information content (AvgIpc) is 2.96. The summed E-state index contributed by atoms with van der Waals surface area (Å²) in [6.07, 6.45) is 10.9. The molecule has 0 heterocycles. The van der Waals surface area contributed by atoms with Crippen LogP contribution in [0.25, 0.3) is 0 Å². The van der Waals surface area contributed by atoms with Gasteiger partial charge in [0.05, 0.1) is 7.11 Å². The molecule has 2 aliphatic rings. The van der Waals surface area contributed by atoms with E-state index in [1.807, 2.05) is 0 Å². The third-order valence-corrected chi connectivity index (χ3v) is 5.27. The molecule has 0 atom stereocenters. The zero-order valence-electron chi connectivity index (χ0n) is 12.9. The van der Waals surface area contributed by atoms with Gasteiger partial charge < -0.3 is 4.74 Å². The minimum atomic E-state index is 0. The molecule has 0 bridgehead atoms. The molecule has 1 saturated carbocycles. The van der Waals surface area contributed by atoms with Crippen LogP contribution in [0, 0.1) is 5.41 Å². The van der Waals surface area contributed by atoms with Crippen LogP contribution < -0.4 is 0 Å². The highest BCUT2D eigenvalue weighted by atomic mass is 35.5. The highest BCUT2D eigenvalue weighted by molar-refractivity contribution is 5.85. The van der Waals surface area contributed by atoms with Crippen LogP contribution in [0.3, 0.4) is 0 Å². The van der Waals surface area contributed by atoms with E-state index in [0.717, 1.165) is 6.42 Å². The Morgan fingerprint density at radius 1 is 1.14 bits per heavy atom. The van der Waals surface area contributed by atoms with Crippen LogP contribution >= 0.6 is 12.4 Å². The number of fused-ring (bicyclic) bond motifs is 1. The van der Waals surface area contributed by atoms with Gasteiger partial charge in [-0.2, -0.15) is 0 Å². The molecule has 0 unspecified atom stereocenters. The van der Waals surface area contributed by atoms with Crippen LogP contribution in [0.4, 0.5) is 0 Å². The van der Waals surface area contributed by atoms with Crippen molar-refractivity contribution in [3.8, 4) is 0 Å². The van der Waals surface area contributed by atoms with Gasteiger partial charge in [-0.15, -0.1) is 12.4 Å². The number of aryl methyl sites for hydroxylation is 1. The number of hydrogen-bond donors (Lipinski definition) is 1. The molecule has 1 N–H and O–H groups in total. The normalized spacial score (nSPS) is 19.5. The molecule has 3 rings (SSSR count). The smallest absolute Gasteiger partial charge is 0.180 e. The summed E-state index contributed by atoms with van der Waals surface area (Å²) >= 11 is 0. The Kier molecular flexibility index (Phi) is 5.32. The molecule has 21 heavy (non-hydrogen) atoms. The molecule has 2 nitrogen and oxygen atoms in total. The van der Waals surface area contributed by atoms with Crippen molar-refractivity contribution in [3.05, 3.63) is 34.9 Å². The molecular weight excluding hydrogens is 282 g/mol. The predicted octanol–water partition coefficient (Wildman–Crippen LogP) is 4.81. The molecule has 0 aliphatic heterocycles. The summed E-state index contributed by atoms with van der Waals surface area (Å²) in [4.78, 5) is 0.